The van der Waals surface area contributed by atoms with Crippen LogP contribution in [0.15, 0.2) is 91.0 Å². The maximum absolute atomic E-state index is 11.0. The fourth-order valence-electron chi connectivity index (χ4n) is 3.11. The number of hydrogen-bond acceptors (Lipinski definition) is 1. The van der Waals surface area contributed by atoms with Crippen LogP contribution >= 0.6 is 11.6 Å². The standard InChI is InChI=1S/C22H16ClNO/c23-20-19(16-10-4-1-5-11-16)21(17-12-6-2-7-13-17)24(25)22(20)18-14-8-3-9-15-18/h1-15,25H. The molecule has 25 heavy (non-hydrogen) atoms. The van der Waals surface area contributed by atoms with E-state index in [1.807, 2.05) is 91.0 Å². The molecule has 0 atom stereocenters. The highest BCUT2D eigenvalue weighted by molar-refractivity contribution is 6.37. The van der Waals surface area contributed by atoms with Crippen LogP contribution in [-0.4, -0.2) is 9.94 Å². The molecule has 3 heteroatoms. The number of halogens is 1. The zero-order chi connectivity index (χ0) is 17.2. The molecule has 0 radical (unpaired) electrons. The van der Waals surface area contributed by atoms with E-state index in [4.69, 9.17) is 11.6 Å². The lowest BCUT2D eigenvalue weighted by Crippen LogP contribution is -1.97. The maximum atomic E-state index is 11.0. The van der Waals surface area contributed by atoms with E-state index in [-0.39, 0.29) is 0 Å². The minimum Gasteiger partial charge on any atom is -0.428 e. The van der Waals surface area contributed by atoms with Crippen LogP contribution < -0.4 is 0 Å². The Hall–Kier alpha value is -2.97. The highest BCUT2D eigenvalue weighted by Gasteiger charge is 2.24. The highest BCUT2D eigenvalue weighted by Crippen LogP contribution is 2.45. The Kier molecular flexibility index (Phi) is 4.04. The summed E-state index contributed by atoms with van der Waals surface area (Å²) in [6, 6.07) is 29.4. The van der Waals surface area contributed by atoms with E-state index in [0.717, 1.165) is 22.3 Å². The molecule has 0 aliphatic heterocycles. The summed E-state index contributed by atoms with van der Waals surface area (Å²) in [5.74, 6) is 0. The van der Waals surface area contributed by atoms with Crippen molar-refractivity contribution < 1.29 is 5.21 Å². The first-order valence-electron chi connectivity index (χ1n) is 8.07. The predicted octanol–water partition coefficient (Wildman–Crippen LogP) is 6.38. The van der Waals surface area contributed by atoms with Crippen LogP contribution in [0, 0.1) is 0 Å². The summed E-state index contributed by atoms with van der Waals surface area (Å²) >= 11 is 6.77. The van der Waals surface area contributed by atoms with E-state index in [2.05, 4.69) is 0 Å². The van der Waals surface area contributed by atoms with Crippen LogP contribution in [-0.2, 0) is 0 Å². The van der Waals surface area contributed by atoms with Crippen molar-refractivity contribution in [2.45, 2.75) is 0 Å². The fraction of sp³-hybridized carbons (Fsp3) is 0. The van der Waals surface area contributed by atoms with Crippen LogP contribution in [0.1, 0.15) is 0 Å². The fourth-order valence-corrected chi connectivity index (χ4v) is 3.50. The van der Waals surface area contributed by atoms with Crippen molar-refractivity contribution in [1.82, 2.24) is 4.73 Å². The van der Waals surface area contributed by atoms with Crippen molar-refractivity contribution in [3.63, 3.8) is 0 Å². The zero-order valence-corrected chi connectivity index (χ0v) is 14.2. The molecule has 1 N–H and O–H groups in total. The summed E-state index contributed by atoms with van der Waals surface area (Å²) in [6.07, 6.45) is 0. The first-order valence-corrected chi connectivity index (χ1v) is 8.45. The largest absolute Gasteiger partial charge is 0.428 e. The lowest BCUT2D eigenvalue weighted by atomic mass is 10.0. The van der Waals surface area contributed by atoms with Crippen LogP contribution in [0.4, 0.5) is 0 Å². The minimum absolute atomic E-state index is 0.541. The summed E-state index contributed by atoms with van der Waals surface area (Å²) in [4.78, 5) is 0. The molecule has 0 saturated heterocycles. The summed E-state index contributed by atoms with van der Waals surface area (Å²) < 4.78 is 1.20. The molecule has 4 rings (SSSR count). The lowest BCUT2D eigenvalue weighted by molar-refractivity contribution is 0.197. The van der Waals surface area contributed by atoms with Gasteiger partial charge in [0.1, 0.15) is 5.69 Å². The van der Waals surface area contributed by atoms with Gasteiger partial charge in [0.2, 0.25) is 0 Å². The third-order valence-corrected chi connectivity index (χ3v) is 4.61. The van der Waals surface area contributed by atoms with Crippen molar-refractivity contribution in [3.05, 3.63) is 96.0 Å². The molecule has 0 bridgehead atoms. The second-order valence-electron chi connectivity index (χ2n) is 5.80. The molecule has 0 spiro atoms. The van der Waals surface area contributed by atoms with E-state index in [1.54, 1.807) is 0 Å². The molecular formula is C22H16ClNO. The molecule has 1 aromatic heterocycles. The topological polar surface area (TPSA) is 25.2 Å². The first kappa shape index (κ1) is 15.6. The van der Waals surface area contributed by atoms with Crippen molar-refractivity contribution in [3.8, 4) is 33.6 Å². The molecule has 0 amide bonds. The molecule has 122 valence electrons. The van der Waals surface area contributed by atoms with Gasteiger partial charge in [-0.2, -0.15) is 4.73 Å². The second kappa shape index (κ2) is 6.50. The van der Waals surface area contributed by atoms with E-state index < -0.39 is 0 Å². The van der Waals surface area contributed by atoms with Gasteiger partial charge in [-0.1, -0.05) is 103 Å². The van der Waals surface area contributed by atoms with Crippen LogP contribution in [0.25, 0.3) is 33.6 Å². The van der Waals surface area contributed by atoms with Gasteiger partial charge in [0.25, 0.3) is 0 Å². The van der Waals surface area contributed by atoms with Gasteiger partial charge in [0, 0.05) is 16.7 Å². The summed E-state index contributed by atoms with van der Waals surface area (Å²) in [7, 11) is 0. The number of aromatic nitrogens is 1. The van der Waals surface area contributed by atoms with Gasteiger partial charge in [-0.15, -0.1) is 0 Å². The maximum Gasteiger partial charge on any atom is 0.107 e. The van der Waals surface area contributed by atoms with E-state index in [1.165, 1.54) is 4.73 Å². The Morgan fingerprint density at radius 3 is 1.44 bits per heavy atom. The van der Waals surface area contributed by atoms with Crippen molar-refractivity contribution in [2.24, 2.45) is 0 Å². The molecular weight excluding hydrogens is 330 g/mol. The smallest absolute Gasteiger partial charge is 0.107 e. The van der Waals surface area contributed by atoms with Gasteiger partial charge in [-0.05, 0) is 5.56 Å². The average Bonchev–Trinajstić information content (AvgIpc) is 2.94. The van der Waals surface area contributed by atoms with Gasteiger partial charge < -0.3 is 5.21 Å². The molecule has 0 fully saturated rings. The molecule has 0 unspecified atom stereocenters. The SMILES string of the molecule is On1c(-c2ccccc2)c(Cl)c(-c2ccccc2)c1-c1ccccc1. The van der Waals surface area contributed by atoms with Gasteiger partial charge >= 0.3 is 0 Å². The Morgan fingerprint density at radius 2 is 0.960 bits per heavy atom. The quantitative estimate of drug-likeness (QED) is 0.428. The Balaban J connectivity index is 2.06. The Bertz CT molecular complexity index is 930. The summed E-state index contributed by atoms with van der Waals surface area (Å²) in [5.41, 5.74) is 4.86. The minimum atomic E-state index is 0.541. The van der Waals surface area contributed by atoms with E-state index in [0.29, 0.717) is 16.4 Å². The predicted molar refractivity (Wildman–Crippen MR) is 103 cm³/mol. The van der Waals surface area contributed by atoms with Crippen LogP contribution in [0.3, 0.4) is 0 Å². The van der Waals surface area contributed by atoms with Gasteiger partial charge in [0.15, 0.2) is 0 Å². The first-order chi connectivity index (χ1) is 12.3. The molecule has 0 saturated carbocycles. The number of benzene rings is 3. The number of nitrogens with zero attached hydrogens (tertiary/aromatic N) is 1. The highest BCUT2D eigenvalue weighted by atomic mass is 35.5. The molecule has 4 aromatic rings. The second-order valence-corrected chi connectivity index (χ2v) is 6.17. The molecule has 0 aliphatic rings. The molecule has 3 aromatic carbocycles. The van der Waals surface area contributed by atoms with Gasteiger partial charge in [0.05, 0.1) is 10.7 Å². The molecule has 1 heterocycles. The van der Waals surface area contributed by atoms with Crippen molar-refractivity contribution in [1.29, 1.82) is 0 Å². The molecule has 0 aliphatic carbocycles. The van der Waals surface area contributed by atoms with E-state index in [9.17, 15) is 5.21 Å². The van der Waals surface area contributed by atoms with Crippen molar-refractivity contribution in [2.75, 3.05) is 0 Å². The zero-order valence-electron chi connectivity index (χ0n) is 13.4. The number of hydrogen-bond donors (Lipinski definition) is 1. The number of rotatable bonds is 3. The summed E-state index contributed by atoms with van der Waals surface area (Å²) in [6.45, 7) is 0. The van der Waals surface area contributed by atoms with Gasteiger partial charge in [-0.25, -0.2) is 0 Å². The lowest BCUT2D eigenvalue weighted by Gasteiger charge is -2.08. The normalized spacial score (nSPS) is 10.8. The Labute approximate surface area is 151 Å². The third-order valence-electron chi connectivity index (χ3n) is 4.24. The van der Waals surface area contributed by atoms with Gasteiger partial charge in [-0.3, -0.25) is 0 Å². The Morgan fingerprint density at radius 1 is 0.560 bits per heavy atom. The monoisotopic (exact) mass is 345 g/mol. The molecule has 2 nitrogen and oxygen atoms in total. The summed E-state index contributed by atoms with van der Waals surface area (Å²) in [5, 5.41) is 11.5. The third kappa shape index (κ3) is 2.71. The van der Waals surface area contributed by atoms with Crippen LogP contribution in [0.2, 0.25) is 5.02 Å². The van der Waals surface area contributed by atoms with Crippen molar-refractivity contribution >= 4 is 11.6 Å². The van der Waals surface area contributed by atoms with E-state index >= 15 is 0 Å². The average molecular weight is 346 g/mol. The van der Waals surface area contributed by atoms with Crippen LogP contribution in [0.5, 0.6) is 0 Å².